The molecule has 0 aliphatic heterocycles. The number of thiocarbonyl (C=S) groups is 1. The van der Waals surface area contributed by atoms with Crippen LogP contribution in [0.1, 0.15) is 36.8 Å². The summed E-state index contributed by atoms with van der Waals surface area (Å²) in [4.78, 5) is 0.662. The predicted octanol–water partition coefficient (Wildman–Crippen LogP) is 6.40. The third-order valence-corrected chi connectivity index (χ3v) is 9.80. The molecule has 43 heavy (non-hydrogen) atoms. The van der Waals surface area contributed by atoms with Gasteiger partial charge in [-0.3, -0.25) is 0 Å². The number of nitrogens with one attached hydrogen (secondary N) is 3. The van der Waals surface area contributed by atoms with Crippen LogP contribution < -0.4 is 20.1 Å². The van der Waals surface area contributed by atoms with Crippen molar-refractivity contribution in [1.82, 2.24) is 10.0 Å². The summed E-state index contributed by atoms with van der Waals surface area (Å²) in [6.45, 7) is -0.290. The molecule has 1 aromatic heterocycles. The monoisotopic (exact) mass is 667 g/mol. The maximum absolute atomic E-state index is 13.1. The molecule has 3 aromatic rings. The van der Waals surface area contributed by atoms with Crippen LogP contribution in [0.5, 0.6) is 5.75 Å². The summed E-state index contributed by atoms with van der Waals surface area (Å²) in [5, 5.41) is 14.3. The van der Waals surface area contributed by atoms with E-state index in [1.165, 1.54) is 6.07 Å². The van der Waals surface area contributed by atoms with Gasteiger partial charge in [-0.15, -0.1) is 11.3 Å². The van der Waals surface area contributed by atoms with Gasteiger partial charge < -0.3 is 20.5 Å². The minimum atomic E-state index is -5.01. The maximum Gasteiger partial charge on any atom is 0.416 e. The van der Waals surface area contributed by atoms with Crippen LogP contribution in [0.25, 0.3) is 10.4 Å². The lowest BCUT2D eigenvalue weighted by atomic mass is 9.95. The van der Waals surface area contributed by atoms with Crippen molar-refractivity contribution in [2.75, 3.05) is 18.4 Å². The van der Waals surface area contributed by atoms with Crippen LogP contribution in [0.3, 0.4) is 0 Å². The van der Waals surface area contributed by atoms with Gasteiger partial charge in [0.25, 0.3) is 0 Å². The number of rotatable bonds is 9. The number of ether oxygens (including phenoxy) is 1. The molecule has 2 aromatic carbocycles. The molecule has 0 spiro atoms. The van der Waals surface area contributed by atoms with Gasteiger partial charge in [0.2, 0.25) is 10.0 Å². The van der Waals surface area contributed by atoms with Crippen LogP contribution in [0.15, 0.2) is 58.8 Å². The molecule has 0 atom stereocenters. The molecule has 1 aliphatic carbocycles. The van der Waals surface area contributed by atoms with Crippen molar-refractivity contribution in [2.24, 2.45) is 0 Å². The normalized spacial score (nSPS) is 17.8. The molecule has 234 valence electrons. The SMILES string of the molecule is O=S(=O)(NCCNC(=S)Nc1cc(C(F)(F)F)cc(C(F)(F)F)c1)c1ccc(-c2ccccc2O[C@H]2CC[C@@H](O)CC2)s1. The largest absolute Gasteiger partial charge is 0.490 e. The standard InChI is InChI=1S/C27H27F6N3O4S3/c28-26(29,30)16-13-17(27(31,32)33)15-18(14-16)36-25(41)34-11-12-35-43(38,39)24-10-9-23(42-24)21-3-1-2-4-22(21)40-20-7-5-19(37)6-8-20/h1-4,9-10,13-15,19-20,35,37H,5-8,11-12H2,(H2,34,36,41)/t19-,20+. The van der Waals surface area contributed by atoms with Gasteiger partial charge in [-0.2, -0.15) is 26.3 Å². The molecule has 7 nitrogen and oxygen atoms in total. The van der Waals surface area contributed by atoms with Crippen LogP contribution >= 0.6 is 23.6 Å². The van der Waals surface area contributed by atoms with Crippen LogP contribution in [0, 0.1) is 0 Å². The van der Waals surface area contributed by atoms with Gasteiger partial charge in [-0.05, 0) is 80.4 Å². The van der Waals surface area contributed by atoms with E-state index >= 15 is 0 Å². The van der Waals surface area contributed by atoms with E-state index in [1.54, 1.807) is 12.1 Å². The molecule has 1 fully saturated rings. The molecule has 0 radical (unpaired) electrons. The Bertz CT molecular complexity index is 1500. The average molecular weight is 668 g/mol. The number of halogens is 6. The number of sulfonamides is 1. The van der Waals surface area contributed by atoms with Gasteiger partial charge in [-0.25, -0.2) is 13.1 Å². The number of hydrogen-bond donors (Lipinski definition) is 4. The lowest BCUT2D eigenvalue weighted by Gasteiger charge is -2.27. The number of aliphatic hydroxyl groups is 1. The Morgan fingerprint density at radius 2 is 1.56 bits per heavy atom. The Hall–Kier alpha value is -2.92. The molecule has 0 bridgehead atoms. The third-order valence-electron chi connectivity index (χ3n) is 6.48. The van der Waals surface area contributed by atoms with E-state index < -0.39 is 39.2 Å². The van der Waals surface area contributed by atoms with E-state index in [9.17, 15) is 39.9 Å². The summed E-state index contributed by atoms with van der Waals surface area (Å²) in [5.41, 5.74) is -2.81. The van der Waals surface area contributed by atoms with Crippen molar-refractivity contribution < 1.29 is 44.6 Å². The molecule has 4 N–H and O–H groups in total. The molecule has 1 saturated carbocycles. The summed E-state index contributed by atoms with van der Waals surface area (Å²) in [7, 11) is -3.95. The van der Waals surface area contributed by atoms with Crippen molar-refractivity contribution >= 4 is 44.4 Å². The Morgan fingerprint density at radius 3 is 2.19 bits per heavy atom. The Morgan fingerprint density at radius 1 is 0.930 bits per heavy atom. The zero-order valence-corrected chi connectivity index (χ0v) is 24.7. The fourth-order valence-corrected chi connectivity index (χ4v) is 6.99. The average Bonchev–Trinajstić information content (AvgIpc) is 3.43. The van der Waals surface area contributed by atoms with Crippen molar-refractivity contribution in [1.29, 1.82) is 0 Å². The second kappa shape index (κ2) is 13.4. The Kier molecular flexibility index (Phi) is 10.3. The molecule has 1 aliphatic rings. The van der Waals surface area contributed by atoms with Gasteiger partial charge >= 0.3 is 12.4 Å². The number of benzene rings is 2. The van der Waals surface area contributed by atoms with Gasteiger partial charge in [0.05, 0.1) is 23.3 Å². The van der Waals surface area contributed by atoms with E-state index in [-0.39, 0.29) is 40.7 Å². The zero-order chi connectivity index (χ0) is 31.4. The van der Waals surface area contributed by atoms with E-state index in [4.69, 9.17) is 17.0 Å². The fourth-order valence-electron chi connectivity index (χ4n) is 4.36. The summed E-state index contributed by atoms with van der Waals surface area (Å²) in [6, 6.07) is 11.3. The van der Waals surface area contributed by atoms with Crippen molar-refractivity contribution in [3.63, 3.8) is 0 Å². The smallest absolute Gasteiger partial charge is 0.416 e. The fraction of sp³-hybridized carbons (Fsp3) is 0.370. The van der Waals surface area contributed by atoms with Gasteiger partial charge in [0, 0.05) is 29.2 Å². The molecule has 16 heteroatoms. The third kappa shape index (κ3) is 9.04. The van der Waals surface area contributed by atoms with Gasteiger partial charge in [0.1, 0.15) is 9.96 Å². The first-order chi connectivity index (χ1) is 20.1. The minimum Gasteiger partial charge on any atom is -0.490 e. The Labute approximate surface area is 253 Å². The van der Waals surface area contributed by atoms with Crippen molar-refractivity contribution in [3.8, 4) is 16.2 Å². The first kappa shape index (κ1) is 33.0. The molecule has 0 unspecified atom stereocenters. The first-order valence-corrected chi connectivity index (χ1v) is 15.7. The number of hydrogen-bond acceptors (Lipinski definition) is 6. The van der Waals surface area contributed by atoms with Crippen LogP contribution in [-0.2, 0) is 22.4 Å². The predicted molar refractivity (Wildman–Crippen MR) is 155 cm³/mol. The quantitative estimate of drug-likeness (QED) is 0.119. The lowest BCUT2D eigenvalue weighted by Crippen LogP contribution is -2.36. The molecule has 0 amide bonds. The molecular weight excluding hydrogens is 641 g/mol. The number of alkyl halides is 6. The summed E-state index contributed by atoms with van der Waals surface area (Å²) < 4.78 is 113. The van der Waals surface area contributed by atoms with E-state index in [0.29, 0.717) is 48.4 Å². The highest BCUT2D eigenvalue weighted by atomic mass is 32.2. The minimum absolute atomic E-state index is 0.000872. The van der Waals surface area contributed by atoms with E-state index in [2.05, 4.69) is 15.4 Å². The number of thiophene rings is 1. The van der Waals surface area contributed by atoms with Crippen LogP contribution in [0.2, 0.25) is 0 Å². The van der Waals surface area contributed by atoms with E-state index in [0.717, 1.165) is 16.9 Å². The highest BCUT2D eigenvalue weighted by Gasteiger charge is 2.37. The van der Waals surface area contributed by atoms with E-state index in [1.807, 2.05) is 18.2 Å². The molecule has 4 rings (SSSR count). The number of anilines is 1. The molecule has 1 heterocycles. The van der Waals surface area contributed by atoms with Gasteiger partial charge in [0.15, 0.2) is 5.11 Å². The highest BCUT2D eigenvalue weighted by Crippen LogP contribution is 2.39. The van der Waals surface area contributed by atoms with Crippen LogP contribution in [-0.4, -0.2) is 43.9 Å². The molecular formula is C27H27F6N3O4S3. The van der Waals surface area contributed by atoms with Crippen molar-refractivity contribution in [3.05, 3.63) is 65.7 Å². The summed E-state index contributed by atoms with van der Waals surface area (Å²) >= 11 is 5.99. The summed E-state index contributed by atoms with van der Waals surface area (Å²) in [5.74, 6) is 0.607. The lowest BCUT2D eigenvalue weighted by molar-refractivity contribution is -0.143. The van der Waals surface area contributed by atoms with Gasteiger partial charge in [-0.1, -0.05) is 12.1 Å². The highest BCUT2D eigenvalue weighted by molar-refractivity contribution is 7.91. The summed E-state index contributed by atoms with van der Waals surface area (Å²) in [6.07, 6.45) is -7.67. The topological polar surface area (TPSA) is 99.7 Å². The first-order valence-electron chi connectivity index (χ1n) is 13.0. The van der Waals surface area contributed by atoms with Crippen LogP contribution in [0.4, 0.5) is 32.0 Å². The second-order valence-electron chi connectivity index (χ2n) is 9.74. The number of para-hydroxylation sites is 1. The van der Waals surface area contributed by atoms with Crippen molar-refractivity contribution in [2.45, 2.75) is 54.5 Å². The molecule has 0 saturated heterocycles. The Balaban J connectivity index is 1.33. The number of aliphatic hydroxyl groups excluding tert-OH is 1. The zero-order valence-electron chi connectivity index (χ0n) is 22.3. The second-order valence-corrected chi connectivity index (χ2v) is 13.2. The maximum atomic E-state index is 13.1.